The van der Waals surface area contributed by atoms with Crippen LogP contribution in [0.5, 0.6) is 0 Å². The minimum Gasteiger partial charge on any atom is -0.368 e. The monoisotopic (exact) mass is 372 g/mol. The van der Waals surface area contributed by atoms with Crippen molar-refractivity contribution in [3.05, 3.63) is 29.8 Å². The molecule has 1 aromatic carbocycles. The van der Waals surface area contributed by atoms with Gasteiger partial charge in [0.15, 0.2) is 5.79 Å². The average Bonchev–Trinajstić information content (AvgIpc) is 3.08. The molecular formula is C23H36N2O2. The van der Waals surface area contributed by atoms with Gasteiger partial charge < -0.3 is 14.4 Å². The Morgan fingerprint density at radius 2 is 1.93 bits per heavy atom. The first kappa shape index (κ1) is 19.2. The number of aryl methyl sites for hydroxylation is 1. The average molecular weight is 373 g/mol. The molecule has 27 heavy (non-hydrogen) atoms. The summed E-state index contributed by atoms with van der Waals surface area (Å²) in [6.45, 7) is 8.69. The number of benzene rings is 1. The van der Waals surface area contributed by atoms with Gasteiger partial charge in [0, 0.05) is 44.2 Å². The highest BCUT2D eigenvalue weighted by molar-refractivity contribution is 5.53. The summed E-state index contributed by atoms with van der Waals surface area (Å²) in [5, 5.41) is 0. The van der Waals surface area contributed by atoms with Gasteiger partial charge in [0.1, 0.15) is 0 Å². The molecule has 2 saturated heterocycles. The fraction of sp³-hybridized carbons (Fsp3) is 0.739. The van der Waals surface area contributed by atoms with E-state index < -0.39 is 0 Å². The molecule has 4 rings (SSSR count). The van der Waals surface area contributed by atoms with Gasteiger partial charge in [0.05, 0.1) is 12.7 Å². The van der Waals surface area contributed by atoms with Gasteiger partial charge in [0.2, 0.25) is 0 Å². The van der Waals surface area contributed by atoms with E-state index >= 15 is 0 Å². The van der Waals surface area contributed by atoms with Crippen LogP contribution in [-0.2, 0) is 9.47 Å². The van der Waals surface area contributed by atoms with Crippen molar-refractivity contribution in [1.29, 1.82) is 0 Å². The van der Waals surface area contributed by atoms with E-state index in [9.17, 15) is 0 Å². The molecule has 0 amide bonds. The highest BCUT2D eigenvalue weighted by atomic mass is 16.7. The summed E-state index contributed by atoms with van der Waals surface area (Å²) < 4.78 is 12.7. The number of hydrogen-bond donors (Lipinski definition) is 0. The number of para-hydroxylation sites is 1. The second kappa shape index (κ2) is 8.10. The predicted octanol–water partition coefficient (Wildman–Crippen LogP) is 4.22. The largest absolute Gasteiger partial charge is 0.368 e. The standard InChI is InChI=1S/C23H36N2O2/c1-18-9-5-6-10-21(18)25-14-13-24(3)20(16-25)15-19(2)22-17-26-23(27-22)11-7-4-8-12-23/h5-6,9-10,19-20,22H,4,7-8,11-17H2,1-3H3/t19?,20?,22-/m1/s1. The minimum atomic E-state index is -0.247. The van der Waals surface area contributed by atoms with E-state index in [-0.39, 0.29) is 11.9 Å². The van der Waals surface area contributed by atoms with Gasteiger partial charge >= 0.3 is 0 Å². The molecule has 4 heteroatoms. The van der Waals surface area contributed by atoms with Crippen LogP contribution in [0.15, 0.2) is 24.3 Å². The smallest absolute Gasteiger partial charge is 0.168 e. The van der Waals surface area contributed by atoms with Crippen molar-refractivity contribution in [1.82, 2.24) is 4.90 Å². The summed E-state index contributed by atoms with van der Waals surface area (Å²) in [5.41, 5.74) is 2.77. The van der Waals surface area contributed by atoms with E-state index in [2.05, 4.69) is 55.0 Å². The molecule has 1 saturated carbocycles. The summed E-state index contributed by atoms with van der Waals surface area (Å²) in [5.74, 6) is 0.276. The molecule has 0 radical (unpaired) electrons. The number of anilines is 1. The van der Waals surface area contributed by atoms with Gasteiger partial charge in [-0.1, -0.05) is 31.5 Å². The lowest BCUT2D eigenvalue weighted by molar-refractivity contribution is -0.191. The normalized spacial score (nSPS) is 30.0. The van der Waals surface area contributed by atoms with Gasteiger partial charge in [-0.2, -0.15) is 0 Å². The van der Waals surface area contributed by atoms with Crippen LogP contribution in [0.25, 0.3) is 0 Å². The SMILES string of the molecule is Cc1ccccc1N1CCN(C)C(CC(C)[C@H]2COC3(CCCCC3)O2)C1. The zero-order chi connectivity index (χ0) is 18.9. The van der Waals surface area contributed by atoms with Crippen LogP contribution in [0.3, 0.4) is 0 Å². The molecule has 1 spiro atoms. The van der Waals surface area contributed by atoms with Crippen molar-refractivity contribution in [2.24, 2.45) is 5.92 Å². The lowest BCUT2D eigenvalue weighted by Crippen LogP contribution is -2.52. The van der Waals surface area contributed by atoms with Gasteiger partial charge in [-0.05, 0) is 50.8 Å². The fourth-order valence-corrected chi connectivity index (χ4v) is 5.13. The number of nitrogens with zero attached hydrogens (tertiary/aromatic N) is 2. The molecular weight excluding hydrogens is 336 g/mol. The second-order valence-electron chi connectivity index (χ2n) is 9.02. The van der Waals surface area contributed by atoms with Crippen LogP contribution >= 0.6 is 0 Å². The van der Waals surface area contributed by atoms with Crippen molar-refractivity contribution in [3.63, 3.8) is 0 Å². The molecule has 3 atom stereocenters. The Balaban J connectivity index is 1.37. The molecule has 1 aromatic rings. The minimum absolute atomic E-state index is 0.247. The molecule has 2 unspecified atom stereocenters. The van der Waals surface area contributed by atoms with Crippen molar-refractivity contribution < 1.29 is 9.47 Å². The molecule has 0 bridgehead atoms. The molecule has 0 aromatic heterocycles. The molecule has 0 N–H and O–H groups in total. The van der Waals surface area contributed by atoms with Crippen molar-refractivity contribution in [3.8, 4) is 0 Å². The van der Waals surface area contributed by atoms with E-state index in [4.69, 9.17) is 9.47 Å². The Hall–Kier alpha value is -1.10. The summed E-state index contributed by atoms with van der Waals surface area (Å²) in [6.07, 6.45) is 7.42. The number of hydrogen-bond acceptors (Lipinski definition) is 4. The third kappa shape index (κ3) is 4.18. The zero-order valence-electron chi connectivity index (χ0n) is 17.3. The molecule has 150 valence electrons. The van der Waals surface area contributed by atoms with Crippen LogP contribution in [0, 0.1) is 12.8 Å². The van der Waals surface area contributed by atoms with Crippen molar-refractivity contribution >= 4 is 5.69 Å². The number of likely N-dealkylation sites (N-methyl/N-ethyl adjacent to an activating group) is 1. The van der Waals surface area contributed by atoms with E-state index in [1.165, 1.54) is 36.9 Å². The lowest BCUT2D eigenvalue weighted by atomic mass is 9.93. The topological polar surface area (TPSA) is 24.9 Å². The first-order valence-electron chi connectivity index (χ1n) is 10.9. The third-order valence-corrected chi connectivity index (χ3v) is 7.00. The van der Waals surface area contributed by atoms with E-state index in [0.29, 0.717) is 12.0 Å². The summed E-state index contributed by atoms with van der Waals surface area (Å²) >= 11 is 0. The van der Waals surface area contributed by atoms with E-state index in [0.717, 1.165) is 39.1 Å². The third-order valence-electron chi connectivity index (χ3n) is 7.00. The Kier molecular flexibility index (Phi) is 5.77. The maximum absolute atomic E-state index is 6.50. The Morgan fingerprint density at radius 3 is 2.70 bits per heavy atom. The van der Waals surface area contributed by atoms with Crippen LogP contribution in [-0.4, -0.2) is 56.1 Å². The van der Waals surface area contributed by atoms with Crippen LogP contribution in [0.2, 0.25) is 0 Å². The Morgan fingerprint density at radius 1 is 1.15 bits per heavy atom. The van der Waals surface area contributed by atoms with Gasteiger partial charge in [0.25, 0.3) is 0 Å². The number of piperazine rings is 1. The predicted molar refractivity (Wildman–Crippen MR) is 110 cm³/mol. The van der Waals surface area contributed by atoms with Gasteiger partial charge in [-0.25, -0.2) is 0 Å². The summed E-state index contributed by atoms with van der Waals surface area (Å²) in [7, 11) is 2.28. The first-order chi connectivity index (χ1) is 13.1. The van der Waals surface area contributed by atoms with Crippen molar-refractivity contribution in [2.45, 2.75) is 70.3 Å². The van der Waals surface area contributed by atoms with Crippen LogP contribution in [0.4, 0.5) is 5.69 Å². The number of ether oxygens (including phenoxy) is 2. The molecule has 2 heterocycles. The van der Waals surface area contributed by atoms with E-state index in [1.54, 1.807) is 0 Å². The highest BCUT2D eigenvalue weighted by Gasteiger charge is 2.44. The lowest BCUT2D eigenvalue weighted by Gasteiger charge is -2.42. The first-order valence-corrected chi connectivity index (χ1v) is 10.9. The molecule has 3 fully saturated rings. The molecule has 1 aliphatic carbocycles. The van der Waals surface area contributed by atoms with Gasteiger partial charge in [-0.3, -0.25) is 4.90 Å². The Labute approximate surface area is 164 Å². The molecule has 4 nitrogen and oxygen atoms in total. The molecule has 2 aliphatic heterocycles. The summed E-state index contributed by atoms with van der Waals surface area (Å²) in [6, 6.07) is 9.35. The number of rotatable bonds is 4. The quantitative estimate of drug-likeness (QED) is 0.790. The maximum Gasteiger partial charge on any atom is 0.168 e. The Bertz CT molecular complexity index is 629. The fourth-order valence-electron chi connectivity index (χ4n) is 5.13. The van der Waals surface area contributed by atoms with Gasteiger partial charge in [-0.15, -0.1) is 0 Å². The molecule has 3 aliphatic rings. The zero-order valence-corrected chi connectivity index (χ0v) is 17.3. The second-order valence-corrected chi connectivity index (χ2v) is 9.02. The van der Waals surface area contributed by atoms with E-state index in [1.807, 2.05) is 0 Å². The van der Waals surface area contributed by atoms with Crippen LogP contribution < -0.4 is 4.90 Å². The van der Waals surface area contributed by atoms with Crippen molar-refractivity contribution in [2.75, 3.05) is 38.2 Å². The summed E-state index contributed by atoms with van der Waals surface area (Å²) in [4.78, 5) is 5.11. The highest BCUT2D eigenvalue weighted by Crippen LogP contribution is 2.40. The maximum atomic E-state index is 6.50. The van der Waals surface area contributed by atoms with Crippen LogP contribution in [0.1, 0.15) is 51.0 Å².